The van der Waals surface area contributed by atoms with E-state index in [0.717, 1.165) is 36.2 Å². The van der Waals surface area contributed by atoms with Crippen molar-refractivity contribution in [3.05, 3.63) is 30.1 Å². The first-order valence-corrected chi connectivity index (χ1v) is 7.81. The van der Waals surface area contributed by atoms with Gasteiger partial charge in [0.1, 0.15) is 11.6 Å². The fourth-order valence-electron chi connectivity index (χ4n) is 2.67. The summed E-state index contributed by atoms with van der Waals surface area (Å²) in [6, 6.07) is 7.70. The van der Waals surface area contributed by atoms with Gasteiger partial charge in [-0.25, -0.2) is 4.98 Å². The van der Waals surface area contributed by atoms with E-state index < -0.39 is 0 Å². The number of aromatic nitrogens is 3. The Hall–Kier alpha value is -2.57. The first kappa shape index (κ1) is 15.3. The van der Waals surface area contributed by atoms with E-state index in [1.54, 1.807) is 7.11 Å². The van der Waals surface area contributed by atoms with Crippen molar-refractivity contribution in [2.45, 2.75) is 19.4 Å². The van der Waals surface area contributed by atoms with E-state index in [1.165, 1.54) is 12.8 Å². The predicted octanol–water partition coefficient (Wildman–Crippen LogP) is 1.65. The summed E-state index contributed by atoms with van der Waals surface area (Å²) < 4.78 is 5.16. The minimum absolute atomic E-state index is 0.576. The summed E-state index contributed by atoms with van der Waals surface area (Å²) >= 11 is 0. The molecule has 2 heterocycles. The molecule has 122 valence electrons. The van der Waals surface area contributed by atoms with E-state index in [9.17, 15) is 0 Å². The quantitative estimate of drug-likeness (QED) is 0.663. The molecular weight excluding hydrogens is 292 g/mol. The van der Waals surface area contributed by atoms with E-state index in [1.807, 2.05) is 31.3 Å². The van der Waals surface area contributed by atoms with E-state index >= 15 is 0 Å². The summed E-state index contributed by atoms with van der Waals surface area (Å²) in [5.74, 6) is 3.21. The molecule has 0 spiro atoms. The topological polar surface area (TPSA) is 78.4 Å². The number of rotatable bonds is 4. The molecule has 0 radical (unpaired) electrons. The number of hydrogen-bond donors (Lipinski definition) is 2. The molecule has 1 aliphatic heterocycles. The Kier molecular flexibility index (Phi) is 4.75. The molecule has 0 amide bonds. The molecule has 0 unspecified atom stereocenters. The lowest BCUT2D eigenvalue weighted by atomic mass is 10.2. The van der Waals surface area contributed by atoms with Crippen LogP contribution in [0.1, 0.15) is 18.7 Å². The third-order valence-electron chi connectivity index (χ3n) is 3.91. The highest BCUT2D eigenvalue weighted by Gasteiger charge is 2.16. The zero-order chi connectivity index (χ0) is 16.1. The van der Waals surface area contributed by atoms with Crippen LogP contribution in [0.5, 0.6) is 5.75 Å². The van der Waals surface area contributed by atoms with Gasteiger partial charge in [-0.3, -0.25) is 10.1 Å². The molecule has 0 aliphatic carbocycles. The van der Waals surface area contributed by atoms with E-state index in [4.69, 9.17) is 4.74 Å². The number of aliphatic imine (C=N–C) groups is 1. The van der Waals surface area contributed by atoms with Crippen LogP contribution in [-0.4, -0.2) is 53.3 Å². The molecule has 3 rings (SSSR count). The lowest BCUT2D eigenvalue weighted by Gasteiger charge is -2.20. The van der Waals surface area contributed by atoms with Gasteiger partial charge in [-0.1, -0.05) is 0 Å². The van der Waals surface area contributed by atoms with Crippen LogP contribution in [0.15, 0.2) is 29.3 Å². The Morgan fingerprint density at radius 2 is 2.04 bits per heavy atom. The molecule has 7 heteroatoms. The number of H-pyrrole nitrogens is 1. The number of nitrogens with one attached hydrogen (secondary N) is 2. The van der Waals surface area contributed by atoms with Gasteiger partial charge in [-0.2, -0.15) is 5.10 Å². The minimum atomic E-state index is 0.576. The molecule has 1 aromatic heterocycles. The highest BCUT2D eigenvalue weighted by atomic mass is 16.5. The lowest BCUT2D eigenvalue weighted by Crippen LogP contribution is -2.39. The maximum absolute atomic E-state index is 5.16. The molecule has 0 bridgehead atoms. The number of nitrogens with zero attached hydrogens (tertiary/aromatic N) is 4. The number of hydrogen-bond acceptors (Lipinski definition) is 4. The molecule has 0 atom stereocenters. The van der Waals surface area contributed by atoms with Crippen LogP contribution in [0.2, 0.25) is 0 Å². The van der Waals surface area contributed by atoms with Crippen molar-refractivity contribution in [3.63, 3.8) is 0 Å². The number of aromatic amines is 1. The first-order chi connectivity index (χ1) is 11.3. The van der Waals surface area contributed by atoms with Crippen molar-refractivity contribution in [2.75, 3.05) is 27.2 Å². The fourth-order valence-corrected chi connectivity index (χ4v) is 2.67. The van der Waals surface area contributed by atoms with Gasteiger partial charge in [-0.05, 0) is 37.1 Å². The van der Waals surface area contributed by atoms with E-state index in [0.29, 0.717) is 12.4 Å². The third kappa shape index (κ3) is 3.61. The predicted molar refractivity (Wildman–Crippen MR) is 89.4 cm³/mol. The van der Waals surface area contributed by atoms with Gasteiger partial charge in [0.25, 0.3) is 0 Å². The maximum atomic E-state index is 5.16. The van der Waals surface area contributed by atoms with Crippen LogP contribution < -0.4 is 10.1 Å². The van der Waals surface area contributed by atoms with Gasteiger partial charge >= 0.3 is 0 Å². The third-order valence-corrected chi connectivity index (χ3v) is 3.91. The van der Waals surface area contributed by atoms with Gasteiger partial charge in [0, 0.05) is 25.7 Å². The number of guanidine groups is 1. The van der Waals surface area contributed by atoms with Crippen LogP contribution in [0.3, 0.4) is 0 Å². The number of benzene rings is 1. The highest BCUT2D eigenvalue weighted by Crippen LogP contribution is 2.18. The van der Waals surface area contributed by atoms with Crippen LogP contribution in [0.25, 0.3) is 11.4 Å². The van der Waals surface area contributed by atoms with Gasteiger partial charge in [0.05, 0.1) is 13.7 Å². The van der Waals surface area contributed by atoms with Crippen molar-refractivity contribution in [1.82, 2.24) is 25.4 Å². The Morgan fingerprint density at radius 1 is 1.30 bits per heavy atom. The minimum Gasteiger partial charge on any atom is -0.497 e. The molecule has 1 aliphatic rings. The van der Waals surface area contributed by atoms with Gasteiger partial charge in [-0.15, -0.1) is 0 Å². The Morgan fingerprint density at radius 3 is 2.70 bits per heavy atom. The molecule has 1 aromatic carbocycles. The highest BCUT2D eigenvalue weighted by molar-refractivity contribution is 5.80. The largest absolute Gasteiger partial charge is 0.497 e. The average molecular weight is 314 g/mol. The van der Waals surface area contributed by atoms with Gasteiger partial charge < -0.3 is 15.0 Å². The summed E-state index contributed by atoms with van der Waals surface area (Å²) in [7, 11) is 3.46. The zero-order valence-electron chi connectivity index (χ0n) is 13.5. The van der Waals surface area contributed by atoms with E-state index in [2.05, 4.69) is 30.4 Å². The first-order valence-electron chi connectivity index (χ1n) is 7.81. The summed E-state index contributed by atoms with van der Waals surface area (Å²) in [5, 5.41) is 10.6. The molecule has 2 aromatic rings. The fraction of sp³-hybridized carbons (Fsp3) is 0.438. The zero-order valence-corrected chi connectivity index (χ0v) is 13.5. The van der Waals surface area contributed by atoms with Gasteiger partial charge in [0.15, 0.2) is 11.8 Å². The average Bonchev–Trinajstić information content (AvgIpc) is 3.27. The summed E-state index contributed by atoms with van der Waals surface area (Å²) in [4.78, 5) is 11.1. The molecular formula is C16H22N6O. The molecule has 0 saturated carbocycles. The van der Waals surface area contributed by atoms with Crippen LogP contribution in [0.4, 0.5) is 0 Å². The Bertz CT molecular complexity index is 657. The second-order valence-electron chi connectivity index (χ2n) is 5.43. The number of ether oxygens (including phenoxy) is 1. The Balaban J connectivity index is 1.62. The normalized spacial score (nSPS) is 15.0. The number of methoxy groups -OCH3 is 1. The lowest BCUT2D eigenvalue weighted by molar-refractivity contribution is 0.415. The van der Waals surface area contributed by atoms with Crippen molar-refractivity contribution < 1.29 is 4.74 Å². The van der Waals surface area contributed by atoms with Crippen molar-refractivity contribution >= 4 is 5.96 Å². The van der Waals surface area contributed by atoms with Crippen LogP contribution in [0, 0.1) is 0 Å². The molecule has 1 saturated heterocycles. The monoisotopic (exact) mass is 314 g/mol. The SMILES string of the molecule is CN=C(NCc1nc(-c2ccc(OC)cc2)n[nH]1)N1CCCC1. The van der Waals surface area contributed by atoms with E-state index in [-0.39, 0.29) is 0 Å². The summed E-state index contributed by atoms with van der Waals surface area (Å²) in [6.07, 6.45) is 2.45. The second-order valence-corrected chi connectivity index (χ2v) is 5.43. The number of likely N-dealkylation sites (tertiary alicyclic amines) is 1. The molecule has 2 N–H and O–H groups in total. The molecule has 1 fully saturated rings. The smallest absolute Gasteiger partial charge is 0.194 e. The second kappa shape index (κ2) is 7.13. The standard InChI is InChI=1S/C16H22N6O/c1-17-16(22-9-3-4-10-22)18-11-14-19-15(21-20-14)12-5-7-13(23-2)8-6-12/h5-8H,3-4,9-11H2,1-2H3,(H,17,18)(H,19,20,21). The van der Waals surface area contributed by atoms with Crippen molar-refractivity contribution in [2.24, 2.45) is 4.99 Å². The van der Waals surface area contributed by atoms with Crippen LogP contribution in [-0.2, 0) is 6.54 Å². The van der Waals surface area contributed by atoms with Crippen molar-refractivity contribution in [1.29, 1.82) is 0 Å². The summed E-state index contributed by atoms with van der Waals surface area (Å²) in [6.45, 7) is 2.70. The molecule has 7 nitrogen and oxygen atoms in total. The van der Waals surface area contributed by atoms with Crippen molar-refractivity contribution in [3.8, 4) is 17.1 Å². The van der Waals surface area contributed by atoms with Crippen LogP contribution >= 0.6 is 0 Å². The maximum Gasteiger partial charge on any atom is 0.194 e. The molecule has 23 heavy (non-hydrogen) atoms. The van der Waals surface area contributed by atoms with Gasteiger partial charge in [0.2, 0.25) is 0 Å². The Labute approximate surface area is 135 Å². The summed E-state index contributed by atoms with van der Waals surface area (Å²) in [5.41, 5.74) is 0.956.